The van der Waals surface area contributed by atoms with E-state index in [1.807, 2.05) is 0 Å². The van der Waals surface area contributed by atoms with Crippen molar-refractivity contribution in [3.63, 3.8) is 0 Å². The van der Waals surface area contributed by atoms with E-state index in [-0.39, 0.29) is 11.1 Å². The van der Waals surface area contributed by atoms with Crippen molar-refractivity contribution in [3.8, 4) is 16.9 Å². The van der Waals surface area contributed by atoms with Gasteiger partial charge in [0.1, 0.15) is 11.3 Å². The fourth-order valence-electron chi connectivity index (χ4n) is 1.81. The van der Waals surface area contributed by atoms with Gasteiger partial charge < -0.3 is 9.84 Å². The Kier molecular flexibility index (Phi) is 4.22. The van der Waals surface area contributed by atoms with Gasteiger partial charge in [-0.2, -0.15) is 0 Å². The first-order valence-electron chi connectivity index (χ1n) is 5.86. The molecule has 1 N–H and O–H groups in total. The van der Waals surface area contributed by atoms with E-state index in [4.69, 9.17) is 5.11 Å². The molecule has 0 atom stereocenters. The van der Waals surface area contributed by atoms with Gasteiger partial charge in [-0.15, -0.1) is 13.2 Å². The topological polar surface area (TPSA) is 46.5 Å². The highest BCUT2D eigenvalue weighted by Gasteiger charge is 2.33. The quantitative estimate of drug-likeness (QED) is 0.669. The molecule has 0 fully saturated rings. The average molecular weight is 336 g/mol. The highest BCUT2D eigenvalue weighted by atomic mass is 19.4. The van der Waals surface area contributed by atoms with Gasteiger partial charge in [0.15, 0.2) is 17.5 Å². The minimum absolute atomic E-state index is 0.130. The van der Waals surface area contributed by atoms with Gasteiger partial charge >= 0.3 is 12.3 Å². The number of ether oxygens (including phenoxy) is 1. The molecule has 2 aromatic carbocycles. The lowest BCUT2D eigenvalue weighted by Crippen LogP contribution is -2.19. The number of carboxylic acids is 1. The van der Waals surface area contributed by atoms with Gasteiger partial charge in [0, 0.05) is 0 Å². The molecule has 0 saturated heterocycles. The lowest BCUT2D eigenvalue weighted by atomic mass is 10.0. The van der Waals surface area contributed by atoms with Crippen LogP contribution in [0.2, 0.25) is 0 Å². The van der Waals surface area contributed by atoms with E-state index in [0.29, 0.717) is 18.2 Å². The Hall–Kier alpha value is -2.71. The summed E-state index contributed by atoms with van der Waals surface area (Å²) in [5.41, 5.74) is -1.25. The Morgan fingerprint density at radius 2 is 1.52 bits per heavy atom. The summed E-state index contributed by atoms with van der Waals surface area (Å²) in [6, 6.07) is 3.55. The van der Waals surface area contributed by atoms with Crippen molar-refractivity contribution in [3.05, 3.63) is 53.3 Å². The van der Waals surface area contributed by atoms with Crippen LogP contribution in [0, 0.1) is 17.5 Å². The zero-order chi connectivity index (χ0) is 17.4. The summed E-state index contributed by atoms with van der Waals surface area (Å²) in [6.45, 7) is 0. The number of halogens is 6. The molecule has 0 aliphatic rings. The first-order valence-corrected chi connectivity index (χ1v) is 5.86. The van der Waals surface area contributed by atoms with Crippen LogP contribution >= 0.6 is 0 Å². The van der Waals surface area contributed by atoms with E-state index in [0.717, 1.165) is 12.1 Å². The molecule has 0 saturated carbocycles. The van der Waals surface area contributed by atoms with Crippen molar-refractivity contribution < 1.29 is 41.0 Å². The number of hydrogen-bond acceptors (Lipinski definition) is 2. The molecule has 23 heavy (non-hydrogen) atoms. The zero-order valence-corrected chi connectivity index (χ0v) is 10.9. The number of carbonyl (C=O) groups is 1. The lowest BCUT2D eigenvalue weighted by molar-refractivity contribution is -0.274. The maximum Gasteiger partial charge on any atom is 0.573 e. The molecular weight excluding hydrogens is 330 g/mol. The van der Waals surface area contributed by atoms with Crippen molar-refractivity contribution in [2.45, 2.75) is 6.36 Å². The first kappa shape index (κ1) is 16.7. The molecule has 0 heterocycles. The second-order valence-corrected chi connectivity index (χ2v) is 4.32. The van der Waals surface area contributed by atoms with Crippen LogP contribution < -0.4 is 4.74 Å². The van der Waals surface area contributed by atoms with Crippen molar-refractivity contribution in [2.24, 2.45) is 0 Å². The third-order valence-electron chi connectivity index (χ3n) is 2.75. The van der Waals surface area contributed by atoms with Crippen LogP contribution in [0.5, 0.6) is 5.75 Å². The lowest BCUT2D eigenvalue weighted by Gasteiger charge is -2.12. The summed E-state index contributed by atoms with van der Waals surface area (Å²) >= 11 is 0. The monoisotopic (exact) mass is 336 g/mol. The Morgan fingerprint density at radius 1 is 0.957 bits per heavy atom. The maximum absolute atomic E-state index is 13.2. The Bertz CT molecular complexity index is 747. The molecule has 0 radical (unpaired) electrons. The van der Waals surface area contributed by atoms with E-state index in [9.17, 15) is 31.1 Å². The standard InChI is InChI=1S/C14H6F6O3/c15-9-4-7(5-10(16)12(9)17)6-1-2-11(23-14(18,19)20)8(3-6)13(21)22/h1-5H,(H,21,22). The molecular formula is C14H6F6O3. The molecule has 0 bridgehead atoms. The predicted octanol–water partition coefficient (Wildman–Crippen LogP) is 4.37. The molecule has 3 nitrogen and oxygen atoms in total. The molecule has 2 rings (SSSR count). The van der Waals surface area contributed by atoms with Gasteiger partial charge in [0.2, 0.25) is 0 Å². The third-order valence-corrected chi connectivity index (χ3v) is 2.75. The van der Waals surface area contributed by atoms with Crippen LogP contribution in [0.4, 0.5) is 26.3 Å². The molecule has 0 aromatic heterocycles. The molecule has 0 aliphatic carbocycles. The van der Waals surface area contributed by atoms with Crippen LogP contribution in [0.1, 0.15) is 10.4 Å². The molecule has 0 spiro atoms. The molecule has 0 amide bonds. The summed E-state index contributed by atoms with van der Waals surface area (Å²) < 4.78 is 79.4. The summed E-state index contributed by atoms with van der Waals surface area (Å²) in [5, 5.41) is 8.93. The fourth-order valence-corrected chi connectivity index (χ4v) is 1.81. The van der Waals surface area contributed by atoms with Crippen LogP contribution in [-0.4, -0.2) is 17.4 Å². The van der Waals surface area contributed by atoms with Crippen LogP contribution in [0.15, 0.2) is 30.3 Å². The Labute approximate surface area is 124 Å². The SMILES string of the molecule is O=C(O)c1cc(-c2cc(F)c(F)c(F)c2)ccc1OC(F)(F)F. The van der Waals surface area contributed by atoms with Gasteiger partial charge in [0.05, 0.1) is 0 Å². The second kappa shape index (κ2) is 5.82. The average Bonchev–Trinajstić information content (AvgIpc) is 2.42. The minimum Gasteiger partial charge on any atom is -0.478 e. The van der Waals surface area contributed by atoms with E-state index < -0.39 is 41.1 Å². The fraction of sp³-hybridized carbons (Fsp3) is 0.0714. The van der Waals surface area contributed by atoms with Gasteiger partial charge in [0.25, 0.3) is 0 Å². The van der Waals surface area contributed by atoms with E-state index >= 15 is 0 Å². The maximum atomic E-state index is 13.2. The summed E-state index contributed by atoms with van der Waals surface area (Å²) in [5.74, 6) is -7.49. The zero-order valence-electron chi connectivity index (χ0n) is 10.9. The molecule has 0 aliphatic heterocycles. The van der Waals surface area contributed by atoms with Gasteiger partial charge in [-0.05, 0) is 35.4 Å². The number of aromatic carboxylic acids is 1. The van der Waals surface area contributed by atoms with Gasteiger partial charge in [-0.25, -0.2) is 18.0 Å². The van der Waals surface area contributed by atoms with Gasteiger partial charge in [-0.1, -0.05) is 6.07 Å². The number of rotatable bonds is 3. The second-order valence-electron chi connectivity index (χ2n) is 4.32. The van der Waals surface area contributed by atoms with Gasteiger partial charge in [-0.3, -0.25) is 0 Å². The number of alkyl halides is 3. The largest absolute Gasteiger partial charge is 0.573 e. The summed E-state index contributed by atoms with van der Waals surface area (Å²) in [6.07, 6.45) is -5.11. The Morgan fingerprint density at radius 3 is 2.00 bits per heavy atom. The van der Waals surface area contributed by atoms with Crippen molar-refractivity contribution in [2.75, 3.05) is 0 Å². The summed E-state index contributed by atoms with van der Waals surface area (Å²) in [7, 11) is 0. The summed E-state index contributed by atoms with van der Waals surface area (Å²) in [4.78, 5) is 11.0. The van der Waals surface area contributed by atoms with Crippen LogP contribution in [0.3, 0.4) is 0 Å². The predicted molar refractivity (Wildman–Crippen MR) is 65.4 cm³/mol. The molecule has 122 valence electrons. The normalized spacial score (nSPS) is 11.4. The highest BCUT2D eigenvalue weighted by molar-refractivity contribution is 5.92. The highest BCUT2D eigenvalue weighted by Crippen LogP contribution is 2.31. The number of hydrogen-bond donors (Lipinski definition) is 1. The van der Waals surface area contributed by atoms with Crippen molar-refractivity contribution >= 4 is 5.97 Å². The van der Waals surface area contributed by atoms with Crippen molar-refractivity contribution in [1.29, 1.82) is 0 Å². The van der Waals surface area contributed by atoms with Crippen molar-refractivity contribution in [1.82, 2.24) is 0 Å². The minimum atomic E-state index is -5.11. The van der Waals surface area contributed by atoms with Crippen LogP contribution in [-0.2, 0) is 0 Å². The third kappa shape index (κ3) is 3.74. The first-order chi connectivity index (χ1) is 10.6. The Balaban J connectivity index is 2.54. The number of benzene rings is 2. The van der Waals surface area contributed by atoms with Crippen LogP contribution in [0.25, 0.3) is 11.1 Å². The van der Waals surface area contributed by atoms with E-state index in [2.05, 4.69) is 4.74 Å². The van der Waals surface area contributed by atoms with E-state index in [1.165, 1.54) is 0 Å². The molecule has 9 heteroatoms. The van der Waals surface area contributed by atoms with E-state index in [1.54, 1.807) is 0 Å². The number of carboxylic acid groups (broad SMARTS) is 1. The molecule has 0 unspecified atom stereocenters. The smallest absolute Gasteiger partial charge is 0.478 e. The molecule has 2 aromatic rings.